The molecule has 4 nitrogen and oxygen atoms in total. The largest absolute Gasteiger partial charge is 0.396 e. The van der Waals surface area contributed by atoms with Gasteiger partial charge >= 0.3 is 0 Å². The summed E-state index contributed by atoms with van der Waals surface area (Å²) in [5.41, 5.74) is 0.957. The van der Waals surface area contributed by atoms with E-state index in [-0.39, 0.29) is 12.0 Å². The highest BCUT2D eigenvalue weighted by Gasteiger charge is 2.19. The molecule has 1 aliphatic rings. The Bertz CT molecular complexity index is 386. The molecule has 0 aliphatic carbocycles. The van der Waals surface area contributed by atoms with Crippen molar-refractivity contribution in [1.29, 1.82) is 0 Å². The van der Waals surface area contributed by atoms with Crippen molar-refractivity contribution in [3.05, 3.63) is 18.3 Å². The van der Waals surface area contributed by atoms with Gasteiger partial charge in [0.2, 0.25) is 0 Å². The lowest BCUT2D eigenvalue weighted by Crippen LogP contribution is -2.28. The highest BCUT2D eigenvalue weighted by atomic mass is 16.3. The zero-order chi connectivity index (χ0) is 13.0. The maximum absolute atomic E-state index is 9.29. The maximum atomic E-state index is 9.29. The maximum Gasteiger partial charge on any atom is 0.151 e. The fourth-order valence-electron chi connectivity index (χ4n) is 2.11. The summed E-state index contributed by atoms with van der Waals surface area (Å²) in [6.45, 7) is 7.21. The summed E-state index contributed by atoms with van der Waals surface area (Å²) < 4.78 is 0. The average molecular weight is 249 g/mol. The molecule has 0 spiro atoms. The minimum atomic E-state index is -0.113. The van der Waals surface area contributed by atoms with Gasteiger partial charge in [-0.1, -0.05) is 13.8 Å². The molecule has 1 fully saturated rings. The van der Waals surface area contributed by atoms with Crippen LogP contribution in [-0.4, -0.2) is 36.3 Å². The van der Waals surface area contributed by atoms with Crippen molar-refractivity contribution in [3.8, 4) is 0 Å². The van der Waals surface area contributed by atoms with Crippen molar-refractivity contribution >= 4 is 11.5 Å². The summed E-state index contributed by atoms with van der Waals surface area (Å²) in [7, 11) is 0. The molecule has 1 aliphatic heterocycles. The van der Waals surface area contributed by atoms with Crippen molar-refractivity contribution < 1.29 is 5.11 Å². The molecule has 0 bridgehead atoms. The van der Waals surface area contributed by atoms with Gasteiger partial charge in [0.05, 0.1) is 5.69 Å². The summed E-state index contributed by atoms with van der Waals surface area (Å²) in [5, 5.41) is 12.7. The van der Waals surface area contributed by atoms with E-state index in [2.05, 4.69) is 21.3 Å². The second-order valence-corrected chi connectivity index (χ2v) is 5.74. The number of anilines is 2. The van der Waals surface area contributed by atoms with Crippen molar-refractivity contribution in [2.24, 2.45) is 5.41 Å². The lowest BCUT2D eigenvalue weighted by atomic mass is 9.95. The molecule has 2 heterocycles. The van der Waals surface area contributed by atoms with Gasteiger partial charge in [-0.15, -0.1) is 0 Å². The van der Waals surface area contributed by atoms with E-state index >= 15 is 0 Å². The monoisotopic (exact) mass is 249 g/mol. The Kier molecular flexibility index (Phi) is 4.07. The molecule has 4 heteroatoms. The molecule has 0 aromatic carbocycles. The van der Waals surface area contributed by atoms with Gasteiger partial charge in [0.25, 0.3) is 0 Å². The molecular formula is C14H23N3O. The van der Waals surface area contributed by atoms with E-state index in [4.69, 9.17) is 0 Å². The molecule has 0 amide bonds. The number of nitrogens with zero attached hydrogens (tertiary/aromatic N) is 2. The third-order valence-corrected chi connectivity index (χ3v) is 3.38. The number of hydrogen-bond acceptors (Lipinski definition) is 4. The third-order valence-electron chi connectivity index (χ3n) is 3.38. The molecule has 18 heavy (non-hydrogen) atoms. The predicted molar refractivity (Wildman–Crippen MR) is 75.0 cm³/mol. The van der Waals surface area contributed by atoms with Crippen LogP contribution in [0.25, 0.3) is 0 Å². The minimum Gasteiger partial charge on any atom is -0.396 e. The van der Waals surface area contributed by atoms with Crippen LogP contribution in [0.15, 0.2) is 18.3 Å². The van der Waals surface area contributed by atoms with Crippen LogP contribution in [0.2, 0.25) is 0 Å². The normalized spacial score (nSPS) is 16.1. The van der Waals surface area contributed by atoms with Crippen molar-refractivity contribution in [3.63, 3.8) is 0 Å². The molecule has 1 saturated heterocycles. The standard InChI is InChI=1S/C14H23N3O/c1-14(2,11-18)10-16-12-6-5-7-15-13(12)17-8-3-4-9-17/h5-7,16,18H,3-4,8-11H2,1-2H3. The molecule has 0 radical (unpaired) electrons. The van der Waals surface area contributed by atoms with Crippen LogP contribution < -0.4 is 10.2 Å². The Morgan fingerprint density at radius 2 is 2.11 bits per heavy atom. The van der Waals surface area contributed by atoms with E-state index in [1.807, 2.05) is 26.1 Å². The third kappa shape index (κ3) is 3.13. The zero-order valence-corrected chi connectivity index (χ0v) is 11.3. The van der Waals surface area contributed by atoms with Gasteiger partial charge in [-0.3, -0.25) is 0 Å². The van der Waals surface area contributed by atoms with Crippen molar-refractivity contribution in [2.75, 3.05) is 36.5 Å². The molecule has 2 rings (SSSR count). The van der Waals surface area contributed by atoms with Gasteiger partial charge in [0.15, 0.2) is 5.82 Å². The van der Waals surface area contributed by atoms with Crippen LogP contribution in [0.5, 0.6) is 0 Å². The number of rotatable bonds is 5. The lowest BCUT2D eigenvalue weighted by Gasteiger charge is -2.25. The van der Waals surface area contributed by atoms with E-state index in [9.17, 15) is 5.11 Å². The van der Waals surface area contributed by atoms with Crippen LogP contribution in [-0.2, 0) is 0 Å². The Morgan fingerprint density at radius 3 is 2.78 bits per heavy atom. The van der Waals surface area contributed by atoms with Gasteiger partial charge in [-0.2, -0.15) is 0 Å². The second kappa shape index (κ2) is 5.57. The highest BCUT2D eigenvalue weighted by molar-refractivity contribution is 5.65. The van der Waals surface area contributed by atoms with Gasteiger partial charge < -0.3 is 15.3 Å². The number of pyridine rings is 1. The van der Waals surface area contributed by atoms with Gasteiger partial charge in [0.1, 0.15) is 0 Å². The quantitative estimate of drug-likeness (QED) is 0.839. The van der Waals surface area contributed by atoms with Crippen LogP contribution in [0.3, 0.4) is 0 Å². The molecule has 1 aromatic rings. The molecule has 0 saturated carbocycles. The molecule has 0 atom stereocenters. The predicted octanol–water partition coefficient (Wildman–Crippen LogP) is 2.11. The van der Waals surface area contributed by atoms with E-state index in [0.29, 0.717) is 0 Å². The van der Waals surface area contributed by atoms with Crippen molar-refractivity contribution in [1.82, 2.24) is 4.98 Å². The SMILES string of the molecule is CC(C)(CO)CNc1cccnc1N1CCCC1. The fourth-order valence-corrected chi connectivity index (χ4v) is 2.11. The first kappa shape index (κ1) is 13.1. The Morgan fingerprint density at radius 1 is 1.39 bits per heavy atom. The second-order valence-electron chi connectivity index (χ2n) is 5.74. The van der Waals surface area contributed by atoms with Crippen LogP contribution in [0, 0.1) is 5.41 Å². The number of aromatic nitrogens is 1. The van der Waals surface area contributed by atoms with E-state index in [1.54, 1.807) is 0 Å². The van der Waals surface area contributed by atoms with Crippen LogP contribution >= 0.6 is 0 Å². The van der Waals surface area contributed by atoms with E-state index < -0.39 is 0 Å². The Balaban J connectivity index is 2.07. The summed E-state index contributed by atoms with van der Waals surface area (Å²) in [4.78, 5) is 6.82. The number of aliphatic hydroxyl groups excluding tert-OH is 1. The van der Waals surface area contributed by atoms with E-state index in [1.165, 1.54) is 12.8 Å². The first-order valence-electron chi connectivity index (χ1n) is 6.67. The highest BCUT2D eigenvalue weighted by Crippen LogP contribution is 2.27. The van der Waals surface area contributed by atoms with Crippen LogP contribution in [0.4, 0.5) is 11.5 Å². The summed E-state index contributed by atoms with van der Waals surface area (Å²) in [5.74, 6) is 1.05. The average Bonchev–Trinajstić information content (AvgIpc) is 2.91. The zero-order valence-electron chi connectivity index (χ0n) is 11.3. The molecular weight excluding hydrogens is 226 g/mol. The Hall–Kier alpha value is -1.29. The molecule has 1 aromatic heterocycles. The minimum absolute atomic E-state index is 0.113. The van der Waals surface area contributed by atoms with E-state index in [0.717, 1.165) is 31.1 Å². The van der Waals surface area contributed by atoms with Gasteiger partial charge in [0, 0.05) is 37.9 Å². The summed E-state index contributed by atoms with van der Waals surface area (Å²) >= 11 is 0. The molecule has 100 valence electrons. The summed E-state index contributed by atoms with van der Waals surface area (Å²) in [6, 6.07) is 4.02. The van der Waals surface area contributed by atoms with Crippen LogP contribution in [0.1, 0.15) is 26.7 Å². The molecule has 2 N–H and O–H groups in total. The first-order chi connectivity index (χ1) is 8.62. The fraction of sp³-hybridized carbons (Fsp3) is 0.643. The topological polar surface area (TPSA) is 48.4 Å². The smallest absolute Gasteiger partial charge is 0.151 e. The number of nitrogens with one attached hydrogen (secondary N) is 1. The van der Waals surface area contributed by atoms with Gasteiger partial charge in [-0.25, -0.2) is 4.98 Å². The Labute approximate surface area is 109 Å². The first-order valence-corrected chi connectivity index (χ1v) is 6.67. The summed E-state index contributed by atoms with van der Waals surface area (Å²) in [6.07, 6.45) is 4.34. The van der Waals surface area contributed by atoms with Crippen molar-refractivity contribution in [2.45, 2.75) is 26.7 Å². The molecule has 0 unspecified atom stereocenters. The van der Waals surface area contributed by atoms with Gasteiger partial charge in [-0.05, 0) is 25.0 Å². The number of hydrogen-bond donors (Lipinski definition) is 2. The lowest BCUT2D eigenvalue weighted by molar-refractivity contribution is 0.171. The number of aliphatic hydroxyl groups is 1.